The van der Waals surface area contributed by atoms with Crippen molar-refractivity contribution in [2.45, 2.75) is 57.6 Å². The van der Waals surface area contributed by atoms with Gasteiger partial charge >= 0.3 is 0 Å². The van der Waals surface area contributed by atoms with Crippen molar-refractivity contribution in [3.8, 4) is 11.5 Å². The Bertz CT molecular complexity index is 548. The summed E-state index contributed by atoms with van der Waals surface area (Å²) >= 11 is 0. The van der Waals surface area contributed by atoms with E-state index in [0.29, 0.717) is 12.1 Å². The van der Waals surface area contributed by atoms with Crippen LogP contribution in [0.1, 0.15) is 44.6 Å². The maximum atomic E-state index is 6.36. The number of benzene rings is 1. The van der Waals surface area contributed by atoms with E-state index < -0.39 is 0 Å². The van der Waals surface area contributed by atoms with Crippen LogP contribution in [0.25, 0.3) is 0 Å². The molecule has 1 saturated heterocycles. The first-order chi connectivity index (χ1) is 12.2. The van der Waals surface area contributed by atoms with Gasteiger partial charge in [-0.05, 0) is 55.8 Å². The molecule has 2 aliphatic rings. The average molecular weight is 347 g/mol. The number of methoxy groups -OCH3 is 2. The van der Waals surface area contributed by atoms with E-state index in [1.807, 2.05) is 6.07 Å². The van der Waals surface area contributed by atoms with Gasteiger partial charge in [-0.25, -0.2) is 0 Å². The van der Waals surface area contributed by atoms with E-state index in [1.54, 1.807) is 14.2 Å². The lowest BCUT2D eigenvalue weighted by atomic mass is 9.91. The van der Waals surface area contributed by atoms with E-state index in [4.69, 9.17) is 14.2 Å². The van der Waals surface area contributed by atoms with Crippen LogP contribution in [0.15, 0.2) is 18.2 Å². The van der Waals surface area contributed by atoms with Crippen molar-refractivity contribution in [2.75, 3.05) is 33.9 Å². The van der Waals surface area contributed by atoms with Crippen LogP contribution < -0.4 is 9.47 Å². The van der Waals surface area contributed by atoms with E-state index in [0.717, 1.165) is 30.4 Å². The molecule has 0 bridgehead atoms. The van der Waals surface area contributed by atoms with Crippen LogP contribution in [0, 0.1) is 5.92 Å². The molecule has 3 atom stereocenters. The summed E-state index contributed by atoms with van der Waals surface area (Å²) in [7, 11) is 3.35. The van der Waals surface area contributed by atoms with Gasteiger partial charge in [-0.3, -0.25) is 4.90 Å². The lowest BCUT2D eigenvalue weighted by Crippen LogP contribution is -2.45. The van der Waals surface area contributed by atoms with Crippen molar-refractivity contribution in [3.05, 3.63) is 23.8 Å². The summed E-state index contributed by atoms with van der Waals surface area (Å²) in [6, 6.07) is 6.76. The molecule has 3 rings (SSSR count). The Morgan fingerprint density at radius 2 is 1.84 bits per heavy atom. The standard InChI is InChI=1S/C21H33NO3/c1-16-10-12-22(15-16)18-6-4-5-7-19(18)25-13-11-17-8-9-20(23-2)21(14-17)24-3/h8-9,14,16,18-19H,4-7,10-13,15H2,1-3H3/t16-,18-,19-/m1/s1. The molecular weight excluding hydrogens is 314 g/mol. The third-order valence-electron chi connectivity index (χ3n) is 5.76. The zero-order chi connectivity index (χ0) is 17.6. The molecule has 2 fully saturated rings. The summed E-state index contributed by atoms with van der Waals surface area (Å²) in [4.78, 5) is 2.69. The number of ether oxygens (including phenoxy) is 3. The Kier molecular flexibility index (Phi) is 6.60. The van der Waals surface area contributed by atoms with E-state index in [2.05, 4.69) is 24.0 Å². The second kappa shape index (κ2) is 8.91. The van der Waals surface area contributed by atoms with Crippen LogP contribution in [-0.2, 0) is 11.2 Å². The second-order valence-electron chi connectivity index (χ2n) is 7.59. The molecule has 1 aliphatic carbocycles. The fourth-order valence-corrected chi connectivity index (χ4v) is 4.32. The van der Waals surface area contributed by atoms with Gasteiger partial charge in [-0.15, -0.1) is 0 Å². The zero-order valence-corrected chi connectivity index (χ0v) is 16.0. The lowest BCUT2D eigenvalue weighted by Gasteiger charge is -2.38. The predicted molar refractivity (Wildman–Crippen MR) is 101 cm³/mol. The first kappa shape index (κ1) is 18.5. The smallest absolute Gasteiger partial charge is 0.160 e. The van der Waals surface area contributed by atoms with E-state index in [9.17, 15) is 0 Å². The van der Waals surface area contributed by atoms with Gasteiger partial charge in [-0.2, -0.15) is 0 Å². The number of hydrogen-bond donors (Lipinski definition) is 0. The molecule has 0 spiro atoms. The molecule has 4 nitrogen and oxygen atoms in total. The average Bonchev–Trinajstić information content (AvgIpc) is 3.08. The molecule has 0 aromatic heterocycles. The van der Waals surface area contributed by atoms with Crippen molar-refractivity contribution < 1.29 is 14.2 Å². The third kappa shape index (κ3) is 4.68. The van der Waals surface area contributed by atoms with Gasteiger partial charge in [0.15, 0.2) is 11.5 Å². The van der Waals surface area contributed by atoms with E-state index in [-0.39, 0.29) is 0 Å². The van der Waals surface area contributed by atoms with Crippen LogP contribution in [0.2, 0.25) is 0 Å². The Hall–Kier alpha value is -1.26. The van der Waals surface area contributed by atoms with E-state index >= 15 is 0 Å². The van der Waals surface area contributed by atoms with Crippen molar-refractivity contribution in [3.63, 3.8) is 0 Å². The van der Waals surface area contributed by atoms with Gasteiger partial charge in [0.1, 0.15) is 0 Å². The van der Waals surface area contributed by atoms with Crippen LogP contribution in [0.5, 0.6) is 11.5 Å². The first-order valence-electron chi connectivity index (χ1n) is 9.78. The molecule has 0 radical (unpaired) electrons. The highest BCUT2D eigenvalue weighted by Gasteiger charge is 2.33. The zero-order valence-electron chi connectivity index (χ0n) is 16.0. The van der Waals surface area contributed by atoms with Crippen molar-refractivity contribution >= 4 is 0 Å². The molecule has 4 heteroatoms. The predicted octanol–water partition coefficient (Wildman–Crippen LogP) is 3.92. The molecule has 0 N–H and O–H groups in total. The number of rotatable bonds is 7. The normalized spacial score (nSPS) is 27.4. The third-order valence-corrected chi connectivity index (χ3v) is 5.76. The monoisotopic (exact) mass is 347 g/mol. The van der Waals surface area contributed by atoms with Crippen molar-refractivity contribution in [1.29, 1.82) is 0 Å². The Morgan fingerprint density at radius 3 is 2.56 bits per heavy atom. The van der Waals surface area contributed by atoms with Gasteiger partial charge in [0.05, 0.1) is 26.9 Å². The van der Waals surface area contributed by atoms with Gasteiger partial charge in [0.2, 0.25) is 0 Å². The minimum Gasteiger partial charge on any atom is -0.493 e. The molecule has 0 unspecified atom stereocenters. The SMILES string of the molecule is COc1ccc(CCO[C@@H]2CCCC[C@H]2N2CC[C@@H](C)C2)cc1OC. The lowest BCUT2D eigenvalue weighted by molar-refractivity contribution is -0.0298. The minimum absolute atomic E-state index is 0.402. The Balaban J connectivity index is 1.53. The molecule has 1 saturated carbocycles. The van der Waals surface area contributed by atoms with Crippen LogP contribution >= 0.6 is 0 Å². The molecule has 1 aromatic rings. The highest BCUT2D eigenvalue weighted by Crippen LogP contribution is 2.30. The van der Waals surface area contributed by atoms with Crippen molar-refractivity contribution in [1.82, 2.24) is 4.90 Å². The molecule has 1 heterocycles. The molecule has 1 aliphatic heterocycles. The molecule has 1 aromatic carbocycles. The van der Waals surface area contributed by atoms with Gasteiger partial charge in [-0.1, -0.05) is 25.8 Å². The quantitative estimate of drug-likeness (QED) is 0.748. The maximum absolute atomic E-state index is 6.36. The summed E-state index contributed by atoms with van der Waals surface area (Å²) in [5.74, 6) is 2.42. The van der Waals surface area contributed by atoms with Crippen molar-refractivity contribution in [2.24, 2.45) is 5.92 Å². The number of hydrogen-bond acceptors (Lipinski definition) is 4. The Morgan fingerprint density at radius 1 is 1.04 bits per heavy atom. The van der Waals surface area contributed by atoms with Crippen LogP contribution in [0.3, 0.4) is 0 Å². The highest BCUT2D eigenvalue weighted by atomic mass is 16.5. The molecular formula is C21H33NO3. The topological polar surface area (TPSA) is 30.9 Å². The largest absolute Gasteiger partial charge is 0.493 e. The number of nitrogens with zero attached hydrogens (tertiary/aromatic N) is 1. The van der Waals surface area contributed by atoms with Crippen LogP contribution in [-0.4, -0.2) is 51.0 Å². The summed E-state index contributed by atoms with van der Waals surface area (Å²) in [5.41, 5.74) is 1.24. The summed E-state index contributed by atoms with van der Waals surface area (Å²) in [6.07, 6.45) is 7.83. The fraction of sp³-hybridized carbons (Fsp3) is 0.714. The Labute approximate surface area is 152 Å². The van der Waals surface area contributed by atoms with Gasteiger partial charge in [0, 0.05) is 12.6 Å². The molecule has 25 heavy (non-hydrogen) atoms. The van der Waals surface area contributed by atoms with Gasteiger partial charge < -0.3 is 14.2 Å². The highest BCUT2D eigenvalue weighted by molar-refractivity contribution is 5.42. The van der Waals surface area contributed by atoms with Crippen LogP contribution in [0.4, 0.5) is 0 Å². The summed E-state index contributed by atoms with van der Waals surface area (Å²) in [5, 5.41) is 0. The fourth-order valence-electron chi connectivity index (χ4n) is 4.32. The minimum atomic E-state index is 0.402. The summed E-state index contributed by atoms with van der Waals surface area (Å²) in [6.45, 7) is 5.65. The second-order valence-corrected chi connectivity index (χ2v) is 7.59. The maximum Gasteiger partial charge on any atom is 0.160 e. The summed E-state index contributed by atoms with van der Waals surface area (Å²) < 4.78 is 17.1. The first-order valence-corrected chi connectivity index (χ1v) is 9.78. The van der Waals surface area contributed by atoms with Gasteiger partial charge in [0.25, 0.3) is 0 Å². The molecule has 140 valence electrons. The number of likely N-dealkylation sites (tertiary alicyclic amines) is 1. The van der Waals surface area contributed by atoms with E-state index in [1.165, 1.54) is 50.8 Å². The molecule has 0 amide bonds.